The van der Waals surface area contributed by atoms with Crippen LogP contribution < -0.4 is 5.32 Å². The lowest BCUT2D eigenvalue weighted by atomic mass is 9.94. The first-order valence-electron chi connectivity index (χ1n) is 7.17. The third kappa shape index (κ3) is 2.02. The molecule has 3 heteroatoms. The highest BCUT2D eigenvalue weighted by Crippen LogP contribution is 2.36. The van der Waals surface area contributed by atoms with E-state index < -0.39 is 6.10 Å². The molecule has 0 bridgehead atoms. The predicted octanol–water partition coefficient (Wildman–Crippen LogP) is 3.11. The van der Waals surface area contributed by atoms with Crippen molar-refractivity contribution in [1.82, 2.24) is 10.3 Å². The molecule has 1 aromatic heterocycles. The average molecular weight is 276 g/mol. The second kappa shape index (κ2) is 4.95. The van der Waals surface area contributed by atoms with Gasteiger partial charge in [-0.05, 0) is 17.2 Å². The van der Waals surface area contributed by atoms with Crippen molar-refractivity contribution in [2.45, 2.75) is 18.7 Å². The zero-order valence-electron chi connectivity index (χ0n) is 11.5. The van der Waals surface area contributed by atoms with Gasteiger partial charge >= 0.3 is 0 Å². The Morgan fingerprint density at radius 3 is 2.86 bits per heavy atom. The van der Waals surface area contributed by atoms with Gasteiger partial charge in [-0.2, -0.15) is 0 Å². The molecule has 0 spiro atoms. The summed E-state index contributed by atoms with van der Waals surface area (Å²) in [5, 5.41) is 15.3. The van der Waals surface area contributed by atoms with Crippen molar-refractivity contribution in [1.29, 1.82) is 0 Å². The van der Waals surface area contributed by atoms with Crippen LogP contribution in [0.25, 0.3) is 10.9 Å². The molecule has 3 nitrogen and oxygen atoms in total. The Kier molecular flexibility index (Phi) is 2.95. The Hall–Kier alpha value is -2.23. The highest BCUT2D eigenvalue weighted by Gasteiger charge is 2.29. The summed E-state index contributed by atoms with van der Waals surface area (Å²) in [7, 11) is 0. The maximum absolute atomic E-state index is 10.9. The molecule has 2 heterocycles. The molecular weight excluding hydrogens is 260 g/mol. The van der Waals surface area contributed by atoms with Crippen LogP contribution >= 0.6 is 0 Å². The minimum Gasteiger partial charge on any atom is -0.386 e. The largest absolute Gasteiger partial charge is 0.386 e. The van der Waals surface area contributed by atoms with E-state index >= 15 is 0 Å². The number of aromatic nitrogens is 1. The molecule has 2 unspecified atom stereocenters. The zero-order chi connectivity index (χ0) is 14.2. The van der Waals surface area contributed by atoms with Gasteiger partial charge in [0.25, 0.3) is 0 Å². The number of hydrogen-bond acceptors (Lipinski definition) is 3. The number of fused-ring (bicyclic) bond motifs is 2. The normalized spacial score (nSPS) is 18.6. The highest BCUT2D eigenvalue weighted by molar-refractivity contribution is 5.82. The van der Waals surface area contributed by atoms with Crippen LogP contribution in [0.2, 0.25) is 0 Å². The molecule has 0 saturated heterocycles. The topological polar surface area (TPSA) is 45.2 Å². The number of hydrogen-bond donors (Lipinski definition) is 2. The monoisotopic (exact) mass is 276 g/mol. The van der Waals surface area contributed by atoms with Gasteiger partial charge in [0.15, 0.2) is 0 Å². The molecule has 1 aliphatic heterocycles. The Morgan fingerprint density at radius 1 is 1.05 bits per heavy atom. The minimum atomic E-state index is -0.604. The van der Waals surface area contributed by atoms with E-state index in [1.165, 1.54) is 11.1 Å². The lowest BCUT2D eigenvalue weighted by Crippen LogP contribution is -2.20. The Balaban J connectivity index is 1.80. The van der Waals surface area contributed by atoms with Crippen LogP contribution in [0.15, 0.2) is 60.8 Å². The summed E-state index contributed by atoms with van der Waals surface area (Å²) in [5.74, 6) is 0. The van der Waals surface area contributed by atoms with Crippen LogP contribution in [0.4, 0.5) is 0 Å². The predicted molar refractivity (Wildman–Crippen MR) is 82.7 cm³/mol. The number of nitrogens with zero attached hydrogens (tertiary/aromatic N) is 1. The third-order valence-corrected chi connectivity index (χ3v) is 4.20. The van der Waals surface area contributed by atoms with E-state index in [4.69, 9.17) is 0 Å². The van der Waals surface area contributed by atoms with Crippen LogP contribution in [0.1, 0.15) is 28.8 Å². The van der Waals surface area contributed by atoms with Crippen LogP contribution in [-0.2, 0) is 6.54 Å². The summed E-state index contributed by atoms with van der Waals surface area (Å²) in [5.41, 5.74) is 4.19. The van der Waals surface area contributed by atoms with Gasteiger partial charge in [0.2, 0.25) is 0 Å². The van der Waals surface area contributed by atoms with E-state index in [0.29, 0.717) is 0 Å². The Bertz CT molecular complexity index is 795. The van der Waals surface area contributed by atoms with Crippen LogP contribution in [0.3, 0.4) is 0 Å². The number of rotatable bonds is 2. The summed E-state index contributed by atoms with van der Waals surface area (Å²) in [4.78, 5) is 4.44. The molecule has 2 aromatic carbocycles. The number of nitrogens with one attached hydrogen (secondary N) is 1. The fourth-order valence-corrected chi connectivity index (χ4v) is 3.16. The molecule has 0 saturated carbocycles. The first-order chi connectivity index (χ1) is 10.3. The second-order valence-corrected chi connectivity index (χ2v) is 5.42. The quantitative estimate of drug-likeness (QED) is 0.756. The maximum atomic E-state index is 10.9. The van der Waals surface area contributed by atoms with Gasteiger partial charge in [-0.15, -0.1) is 0 Å². The van der Waals surface area contributed by atoms with Gasteiger partial charge < -0.3 is 10.4 Å². The summed E-state index contributed by atoms with van der Waals surface area (Å²) in [6.45, 7) is 0.802. The lowest BCUT2D eigenvalue weighted by Gasteiger charge is -2.21. The smallest absolute Gasteiger partial charge is 0.101 e. The molecule has 1 aliphatic rings. The van der Waals surface area contributed by atoms with Crippen LogP contribution in [-0.4, -0.2) is 10.1 Å². The van der Waals surface area contributed by atoms with Gasteiger partial charge in [0, 0.05) is 23.7 Å². The van der Waals surface area contributed by atoms with Gasteiger partial charge in [-0.3, -0.25) is 4.98 Å². The van der Waals surface area contributed by atoms with Crippen molar-refractivity contribution < 1.29 is 5.11 Å². The molecule has 0 aliphatic carbocycles. The Labute approximate surface area is 123 Å². The molecule has 104 valence electrons. The van der Waals surface area contributed by atoms with E-state index in [2.05, 4.69) is 22.4 Å². The highest BCUT2D eigenvalue weighted by atomic mass is 16.3. The standard InChI is InChI=1S/C18H16N2O/c21-18(17-14-8-2-1-5-13(14)11-20-17)15-9-3-6-12-7-4-10-19-16(12)15/h1-10,17-18,20-21H,11H2. The number of benzene rings is 2. The average Bonchev–Trinajstić information content (AvgIpc) is 2.98. The first kappa shape index (κ1) is 12.5. The Morgan fingerprint density at radius 2 is 1.90 bits per heavy atom. The molecule has 2 N–H and O–H groups in total. The van der Waals surface area contributed by atoms with Gasteiger partial charge in [0.1, 0.15) is 6.10 Å². The summed E-state index contributed by atoms with van der Waals surface area (Å²) < 4.78 is 0. The number of pyridine rings is 1. The molecule has 21 heavy (non-hydrogen) atoms. The summed E-state index contributed by atoms with van der Waals surface area (Å²) in [6.07, 6.45) is 1.17. The maximum Gasteiger partial charge on any atom is 0.101 e. The van der Waals surface area contributed by atoms with Crippen molar-refractivity contribution >= 4 is 10.9 Å². The molecule has 2 atom stereocenters. The van der Waals surface area contributed by atoms with E-state index in [9.17, 15) is 5.11 Å². The van der Waals surface area contributed by atoms with Crippen molar-refractivity contribution in [3.8, 4) is 0 Å². The van der Waals surface area contributed by atoms with Crippen molar-refractivity contribution in [2.75, 3.05) is 0 Å². The molecule has 0 amide bonds. The van der Waals surface area contributed by atoms with E-state index in [1.807, 2.05) is 42.5 Å². The van der Waals surface area contributed by atoms with Crippen LogP contribution in [0, 0.1) is 0 Å². The molecule has 4 rings (SSSR count). The number of aliphatic hydroxyl groups excluding tert-OH is 1. The molecule has 0 radical (unpaired) electrons. The van der Waals surface area contributed by atoms with E-state index in [0.717, 1.165) is 23.0 Å². The van der Waals surface area contributed by atoms with Gasteiger partial charge in [-0.25, -0.2) is 0 Å². The second-order valence-electron chi connectivity index (χ2n) is 5.42. The third-order valence-electron chi connectivity index (χ3n) is 4.20. The lowest BCUT2D eigenvalue weighted by molar-refractivity contribution is 0.135. The molecule has 3 aromatic rings. The molecule has 0 fully saturated rings. The van der Waals surface area contributed by atoms with Gasteiger partial charge in [-0.1, -0.05) is 48.5 Å². The van der Waals surface area contributed by atoms with Crippen molar-refractivity contribution in [3.63, 3.8) is 0 Å². The molecular formula is C18H16N2O. The van der Waals surface area contributed by atoms with Crippen LogP contribution in [0.5, 0.6) is 0 Å². The number of para-hydroxylation sites is 1. The zero-order valence-corrected chi connectivity index (χ0v) is 11.5. The summed E-state index contributed by atoms with van der Waals surface area (Å²) >= 11 is 0. The minimum absolute atomic E-state index is 0.0752. The summed E-state index contributed by atoms with van der Waals surface area (Å²) in [6, 6.07) is 18.1. The first-order valence-corrected chi connectivity index (χ1v) is 7.17. The fraction of sp³-hybridized carbons (Fsp3) is 0.167. The van der Waals surface area contributed by atoms with Crippen molar-refractivity contribution in [3.05, 3.63) is 77.5 Å². The van der Waals surface area contributed by atoms with E-state index in [1.54, 1.807) is 6.20 Å². The van der Waals surface area contributed by atoms with Gasteiger partial charge in [0.05, 0.1) is 11.6 Å². The SMILES string of the molecule is OC(c1cccc2cccnc12)C1NCc2ccccc21. The number of aliphatic hydroxyl groups is 1. The fourth-order valence-electron chi connectivity index (χ4n) is 3.16. The van der Waals surface area contributed by atoms with E-state index in [-0.39, 0.29) is 6.04 Å². The van der Waals surface area contributed by atoms with Crippen molar-refractivity contribution in [2.24, 2.45) is 0 Å².